The highest BCUT2D eigenvalue weighted by molar-refractivity contribution is 9.10. The van der Waals surface area contributed by atoms with Crippen LogP contribution in [0.25, 0.3) is 0 Å². The van der Waals surface area contributed by atoms with E-state index >= 15 is 0 Å². The molecule has 0 unspecified atom stereocenters. The molecule has 5 nitrogen and oxygen atoms in total. The number of allylic oxidation sites excluding steroid dienone is 2. The Labute approximate surface area is 147 Å². The minimum atomic E-state index is -0.437. The molecule has 0 radical (unpaired) electrons. The van der Waals surface area contributed by atoms with Crippen LogP contribution in [0.4, 0.5) is 0 Å². The smallest absolute Gasteiger partial charge is 0.270 e. The van der Waals surface area contributed by atoms with Gasteiger partial charge in [-0.2, -0.15) is 5.01 Å². The molecule has 6 heteroatoms. The summed E-state index contributed by atoms with van der Waals surface area (Å²) in [6.07, 6.45) is 5.36. The fraction of sp³-hybridized carbons (Fsp3) is 0.389. The molecule has 4 aliphatic carbocycles. The normalized spacial score (nSPS) is 38.1. The summed E-state index contributed by atoms with van der Waals surface area (Å²) >= 11 is 3.32. The molecule has 6 atom stereocenters. The van der Waals surface area contributed by atoms with Crippen LogP contribution in [0.3, 0.4) is 0 Å². The van der Waals surface area contributed by atoms with Gasteiger partial charge in [0.05, 0.1) is 11.8 Å². The average Bonchev–Trinajstić information content (AvgIpc) is 3.36. The van der Waals surface area contributed by atoms with Gasteiger partial charge in [0.15, 0.2) is 0 Å². The van der Waals surface area contributed by atoms with Crippen LogP contribution in [0.1, 0.15) is 16.8 Å². The first-order valence-electron chi connectivity index (χ1n) is 8.19. The maximum atomic E-state index is 12.8. The Balaban J connectivity index is 1.40. The van der Waals surface area contributed by atoms with Crippen molar-refractivity contribution in [2.75, 3.05) is 0 Å². The molecule has 1 aliphatic heterocycles. The lowest BCUT2D eigenvalue weighted by molar-refractivity contribution is -0.143. The number of carbonyl (C=O) groups excluding carboxylic acids is 3. The molecule has 0 spiro atoms. The third-order valence-electron chi connectivity index (χ3n) is 5.98. The Morgan fingerprint density at radius 2 is 1.54 bits per heavy atom. The molecule has 1 N–H and O–H groups in total. The van der Waals surface area contributed by atoms with Crippen LogP contribution in [-0.2, 0) is 9.59 Å². The van der Waals surface area contributed by atoms with E-state index in [4.69, 9.17) is 0 Å². The molecule has 1 aromatic carbocycles. The van der Waals surface area contributed by atoms with Crippen molar-refractivity contribution in [3.63, 3.8) is 0 Å². The molecule has 24 heavy (non-hydrogen) atoms. The highest BCUT2D eigenvalue weighted by Crippen LogP contribution is 2.65. The van der Waals surface area contributed by atoms with Crippen LogP contribution in [0.15, 0.2) is 40.9 Å². The summed E-state index contributed by atoms with van der Waals surface area (Å²) < 4.78 is 0.861. The Bertz CT molecular complexity index is 767. The van der Waals surface area contributed by atoms with E-state index in [0.717, 1.165) is 15.9 Å². The largest absolute Gasteiger partial charge is 0.272 e. The van der Waals surface area contributed by atoms with E-state index < -0.39 is 5.91 Å². The lowest BCUT2D eigenvalue weighted by Gasteiger charge is -2.37. The molecule has 1 saturated heterocycles. The maximum absolute atomic E-state index is 12.8. The minimum absolute atomic E-state index is 0.163. The van der Waals surface area contributed by atoms with E-state index in [0.29, 0.717) is 17.4 Å². The van der Waals surface area contributed by atoms with Gasteiger partial charge in [0.25, 0.3) is 17.7 Å². The third-order valence-corrected chi connectivity index (χ3v) is 6.51. The summed E-state index contributed by atoms with van der Waals surface area (Å²) in [5.41, 5.74) is 2.94. The van der Waals surface area contributed by atoms with Gasteiger partial charge < -0.3 is 0 Å². The van der Waals surface area contributed by atoms with E-state index in [9.17, 15) is 14.4 Å². The van der Waals surface area contributed by atoms with Gasteiger partial charge in [0.1, 0.15) is 0 Å². The Hall–Kier alpha value is -1.95. The molecular weight excluding hydrogens is 372 g/mol. The number of hydrazine groups is 1. The van der Waals surface area contributed by atoms with Crippen molar-refractivity contribution >= 4 is 33.7 Å². The second-order valence-electron chi connectivity index (χ2n) is 7.11. The number of nitrogens with zero attached hydrogens (tertiary/aromatic N) is 1. The van der Waals surface area contributed by atoms with Gasteiger partial charge >= 0.3 is 0 Å². The number of benzene rings is 1. The zero-order valence-corrected chi connectivity index (χ0v) is 14.3. The van der Waals surface area contributed by atoms with Crippen molar-refractivity contribution in [1.82, 2.24) is 10.4 Å². The molecule has 3 fully saturated rings. The predicted molar refractivity (Wildman–Crippen MR) is 88.2 cm³/mol. The van der Waals surface area contributed by atoms with Gasteiger partial charge in [-0.15, -0.1) is 0 Å². The minimum Gasteiger partial charge on any atom is -0.272 e. The standard InChI is InChI=1S/C18H15BrN2O3/c19-9-3-1-8(2-4-9)16(22)20-21-17(23)14-10-5-6-11(13-7-12(10)13)15(14)18(21)24/h1-6,10-15H,7H2,(H,20,22)/t10-,11-,12-,13-,14-,15+/m0/s1. The number of rotatable bonds is 2. The molecule has 5 aliphatic rings. The van der Waals surface area contributed by atoms with Gasteiger partial charge in [-0.3, -0.25) is 19.8 Å². The Kier molecular flexibility index (Phi) is 2.87. The molecule has 122 valence electrons. The predicted octanol–water partition coefficient (Wildman–Crippen LogP) is 2.15. The molecule has 2 bridgehead atoms. The molecule has 2 saturated carbocycles. The van der Waals surface area contributed by atoms with E-state index in [1.54, 1.807) is 24.3 Å². The summed E-state index contributed by atoms with van der Waals surface area (Å²) in [6.45, 7) is 0. The van der Waals surface area contributed by atoms with Crippen molar-refractivity contribution in [3.8, 4) is 0 Å². The number of hydrogen-bond donors (Lipinski definition) is 1. The van der Waals surface area contributed by atoms with Crippen LogP contribution in [0, 0.1) is 35.5 Å². The summed E-state index contributed by atoms with van der Waals surface area (Å²) in [7, 11) is 0. The van der Waals surface area contributed by atoms with Crippen molar-refractivity contribution in [1.29, 1.82) is 0 Å². The number of nitrogens with one attached hydrogen (secondary N) is 1. The average molecular weight is 387 g/mol. The molecule has 1 heterocycles. The molecule has 0 aromatic heterocycles. The highest BCUT2D eigenvalue weighted by atomic mass is 79.9. The maximum Gasteiger partial charge on any atom is 0.270 e. The van der Waals surface area contributed by atoms with Crippen LogP contribution in [-0.4, -0.2) is 22.7 Å². The van der Waals surface area contributed by atoms with E-state index in [-0.39, 0.29) is 35.5 Å². The quantitative estimate of drug-likeness (QED) is 0.625. The fourth-order valence-electron chi connectivity index (χ4n) is 4.83. The summed E-state index contributed by atoms with van der Waals surface area (Å²) in [5.74, 6) is -0.0797. The first-order chi connectivity index (χ1) is 11.6. The lowest BCUT2D eigenvalue weighted by Crippen LogP contribution is -2.46. The number of hydrogen-bond acceptors (Lipinski definition) is 3. The lowest BCUT2D eigenvalue weighted by atomic mass is 9.63. The van der Waals surface area contributed by atoms with Crippen LogP contribution >= 0.6 is 15.9 Å². The van der Waals surface area contributed by atoms with Crippen LogP contribution in [0.5, 0.6) is 0 Å². The fourth-order valence-corrected chi connectivity index (χ4v) is 5.10. The Morgan fingerprint density at radius 1 is 1.00 bits per heavy atom. The van der Waals surface area contributed by atoms with Gasteiger partial charge in [-0.1, -0.05) is 28.1 Å². The van der Waals surface area contributed by atoms with Crippen molar-refractivity contribution < 1.29 is 14.4 Å². The first-order valence-corrected chi connectivity index (χ1v) is 8.98. The summed E-state index contributed by atoms with van der Waals surface area (Å²) in [4.78, 5) is 37.9. The van der Waals surface area contributed by atoms with E-state index in [1.165, 1.54) is 0 Å². The molecule has 1 aromatic rings. The summed E-state index contributed by atoms with van der Waals surface area (Å²) in [5, 5.41) is 0.970. The monoisotopic (exact) mass is 386 g/mol. The van der Waals surface area contributed by atoms with E-state index in [2.05, 4.69) is 33.5 Å². The van der Waals surface area contributed by atoms with Gasteiger partial charge in [0.2, 0.25) is 0 Å². The third kappa shape index (κ3) is 1.83. The molecular formula is C18H15BrN2O3. The zero-order valence-electron chi connectivity index (χ0n) is 12.7. The SMILES string of the molecule is O=C(NN1C(=O)[C@@H]2[C@H]3C=C[C@@H]([C@@H]4C[C@@H]34)[C@@H]2C1=O)c1ccc(Br)cc1. The Morgan fingerprint density at radius 3 is 2.08 bits per heavy atom. The number of amides is 3. The van der Waals surface area contributed by atoms with E-state index in [1.807, 2.05) is 0 Å². The molecule has 6 rings (SSSR count). The van der Waals surface area contributed by atoms with Crippen molar-refractivity contribution in [2.24, 2.45) is 35.5 Å². The van der Waals surface area contributed by atoms with Crippen LogP contribution < -0.4 is 5.43 Å². The van der Waals surface area contributed by atoms with Crippen LogP contribution in [0.2, 0.25) is 0 Å². The number of halogens is 1. The zero-order chi connectivity index (χ0) is 16.6. The highest BCUT2D eigenvalue weighted by Gasteiger charge is 2.67. The van der Waals surface area contributed by atoms with Gasteiger partial charge in [0, 0.05) is 10.0 Å². The second kappa shape index (κ2) is 4.79. The summed E-state index contributed by atoms with van der Waals surface area (Å²) in [6, 6.07) is 6.80. The van der Waals surface area contributed by atoms with Gasteiger partial charge in [-0.25, -0.2) is 0 Å². The molecule has 3 amide bonds. The topological polar surface area (TPSA) is 66.5 Å². The first kappa shape index (κ1) is 14.4. The van der Waals surface area contributed by atoms with Crippen molar-refractivity contribution in [2.45, 2.75) is 6.42 Å². The second-order valence-corrected chi connectivity index (χ2v) is 8.03. The van der Waals surface area contributed by atoms with Gasteiger partial charge in [-0.05, 0) is 54.4 Å². The number of carbonyl (C=O) groups is 3. The number of imide groups is 1. The van der Waals surface area contributed by atoms with Crippen molar-refractivity contribution in [3.05, 3.63) is 46.5 Å².